The summed E-state index contributed by atoms with van der Waals surface area (Å²) >= 11 is 3.38. The Bertz CT molecular complexity index is 250. The van der Waals surface area contributed by atoms with Crippen molar-refractivity contribution in [1.82, 2.24) is 4.98 Å². The minimum absolute atomic E-state index is 0.109. The van der Waals surface area contributed by atoms with Crippen molar-refractivity contribution in [2.75, 3.05) is 0 Å². The second-order valence-electron chi connectivity index (χ2n) is 2.78. The average Bonchev–Trinajstić information content (AvgIpc) is 2.05. The molecule has 1 rings (SSSR count). The quantitative estimate of drug-likeness (QED) is 0.809. The zero-order valence-electron chi connectivity index (χ0n) is 7.13. The molecular formula is C9H13BrN2. The van der Waals surface area contributed by atoms with Gasteiger partial charge in [0, 0.05) is 17.8 Å². The lowest BCUT2D eigenvalue weighted by Gasteiger charge is -2.11. The molecule has 0 aliphatic carbocycles. The third kappa shape index (κ3) is 2.29. The van der Waals surface area contributed by atoms with Gasteiger partial charge in [0.2, 0.25) is 0 Å². The summed E-state index contributed by atoms with van der Waals surface area (Å²) in [4.78, 5) is 4.12. The van der Waals surface area contributed by atoms with Crippen LogP contribution < -0.4 is 5.73 Å². The number of aromatic nitrogens is 1. The molecule has 0 spiro atoms. The fourth-order valence-corrected chi connectivity index (χ4v) is 1.69. The maximum absolute atomic E-state index is 5.94. The Morgan fingerprint density at radius 1 is 1.67 bits per heavy atom. The average molecular weight is 229 g/mol. The van der Waals surface area contributed by atoms with Crippen LogP contribution in [0.15, 0.2) is 22.9 Å². The van der Waals surface area contributed by atoms with Crippen LogP contribution in [0, 0.1) is 0 Å². The van der Waals surface area contributed by atoms with E-state index < -0.39 is 0 Å². The number of hydrogen-bond acceptors (Lipinski definition) is 2. The molecule has 0 aromatic carbocycles. The van der Waals surface area contributed by atoms with E-state index in [4.69, 9.17) is 5.73 Å². The third-order valence-electron chi connectivity index (χ3n) is 1.79. The van der Waals surface area contributed by atoms with Crippen LogP contribution in [0.1, 0.15) is 31.4 Å². The molecule has 1 heterocycles. The first kappa shape index (κ1) is 9.68. The van der Waals surface area contributed by atoms with E-state index in [2.05, 4.69) is 27.8 Å². The van der Waals surface area contributed by atoms with E-state index in [-0.39, 0.29) is 6.04 Å². The van der Waals surface area contributed by atoms with E-state index in [1.807, 2.05) is 12.1 Å². The molecule has 3 heteroatoms. The van der Waals surface area contributed by atoms with Gasteiger partial charge in [-0.2, -0.15) is 0 Å². The monoisotopic (exact) mass is 228 g/mol. The second kappa shape index (κ2) is 4.58. The van der Waals surface area contributed by atoms with Gasteiger partial charge in [-0.05, 0) is 28.4 Å². The van der Waals surface area contributed by atoms with Crippen LogP contribution in [0.4, 0.5) is 0 Å². The Morgan fingerprint density at radius 2 is 2.42 bits per heavy atom. The Labute approximate surface area is 81.3 Å². The number of nitrogens with two attached hydrogens (primary N) is 1. The fourth-order valence-electron chi connectivity index (χ4n) is 1.14. The second-order valence-corrected chi connectivity index (χ2v) is 3.53. The van der Waals surface area contributed by atoms with Crippen LogP contribution in [0.3, 0.4) is 0 Å². The molecule has 0 saturated heterocycles. The number of hydrogen-bond donors (Lipinski definition) is 1. The van der Waals surface area contributed by atoms with E-state index in [1.165, 1.54) is 0 Å². The lowest BCUT2D eigenvalue weighted by Crippen LogP contribution is -2.10. The van der Waals surface area contributed by atoms with Crippen LogP contribution in [0.5, 0.6) is 0 Å². The Morgan fingerprint density at radius 3 is 3.00 bits per heavy atom. The Balaban J connectivity index is 2.79. The molecule has 0 radical (unpaired) electrons. The molecule has 1 atom stereocenters. The molecule has 0 unspecified atom stereocenters. The van der Waals surface area contributed by atoms with E-state index in [9.17, 15) is 0 Å². The summed E-state index contributed by atoms with van der Waals surface area (Å²) in [6.45, 7) is 2.13. The highest BCUT2D eigenvalue weighted by molar-refractivity contribution is 9.10. The molecule has 0 aliphatic heterocycles. The zero-order valence-corrected chi connectivity index (χ0v) is 8.71. The summed E-state index contributed by atoms with van der Waals surface area (Å²) in [7, 11) is 0. The molecule has 1 aromatic heterocycles. The van der Waals surface area contributed by atoms with Gasteiger partial charge in [-0.3, -0.25) is 0 Å². The van der Waals surface area contributed by atoms with Crippen molar-refractivity contribution in [1.29, 1.82) is 0 Å². The molecule has 0 saturated carbocycles. The highest BCUT2D eigenvalue weighted by atomic mass is 79.9. The van der Waals surface area contributed by atoms with Crippen LogP contribution in [-0.4, -0.2) is 4.98 Å². The van der Waals surface area contributed by atoms with Gasteiger partial charge < -0.3 is 5.73 Å². The highest BCUT2D eigenvalue weighted by Gasteiger charge is 2.07. The first-order chi connectivity index (χ1) is 5.75. The first-order valence-electron chi connectivity index (χ1n) is 4.11. The Hall–Kier alpha value is -0.410. The molecule has 66 valence electrons. The van der Waals surface area contributed by atoms with Crippen LogP contribution in [0.2, 0.25) is 0 Å². The maximum atomic E-state index is 5.94. The number of nitrogens with zero attached hydrogens (tertiary/aromatic N) is 1. The lowest BCUT2D eigenvalue weighted by atomic mass is 10.1. The smallest absolute Gasteiger partial charge is 0.110 e. The van der Waals surface area contributed by atoms with Crippen molar-refractivity contribution in [3.05, 3.63) is 28.5 Å². The highest BCUT2D eigenvalue weighted by Crippen LogP contribution is 2.21. The molecule has 0 fully saturated rings. The predicted molar refractivity (Wildman–Crippen MR) is 53.8 cm³/mol. The van der Waals surface area contributed by atoms with Crippen molar-refractivity contribution in [2.24, 2.45) is 5.73 Å². The molecule has 0 aliphatic rings. The van der Waals surface area contributed by atoms with Crippen molar-refractivity contribution in [2.45, 2.75) is 25.8 Å². The fraction of sp³-hybridized carbons (Fsp3) is 0.444. The van der Waals surface area contributed by atoms with Gasteiger partial charge in [-0.25, -0.2) is 4.98 Å². The largest absolute Gasteiger partial charge is 0.324 e. The molecule has 0 amide bonds. The normalized spacial score (nSPS) is 12.9. The first-order valence-corrected chi connectivity index (χ1v) is 4.91. The zero-order chi connectivity index (χ0) is 8.97. The van der Waals surface area contributed by atoms with Gasteiger partial charge in [-0.1, -0.05) is 19.4 Å². The summed E-state index contributed by atoms with van der Waals surface area (Å²) in [6, 6.07) is 4.03. The third-order valence-corrected chi connectivity index (χ3v) is 2.45. The number of halogens is 1. The minimum Gasteiger partial charge on any atom is -0.324 e. The van der Waals surface area contributed by atoms with Crippen LogP contribution in [-0.2, 0) is 0 Å². The summed E-state index contributed by atoms with van der Waals surface area (Å²) in [5.74, 6) is 0. The van der Waals surface area contributed by atoms with Gasteiger partial charge >= 0.3 is 0 Å². The maximum Gasteiger partial charge on any atom is 0.110 e. The summed E-state index contributed by atoms with van der Waals surface area (Å²) in [6.07, 6.45) is 3.86. The number of pyridine rings is 1. The van der Waals surface area contributed by atoms with Crippen molar-refractivity contribution >= 4 is 15.9 Å². The topological polar surface area (TPSA) is 38.9 Å². The van der Waals surface area contributed by atoms with E-state index >= 15 is 0 Å². The van der Waals surface area contributed by atoms with E-state index in [0.717, 1.165) is 23.0 Å². The van der Waals surface area contributed by atoms with E-state index in [1.54, 1.807) is 6.20 Å². The van der Waals surface area contributed by atoms with E-state index in [0.29, 0.717) is 0 Å². The van der Waals surface area contributed by atoms with Gasteiger partial charge in [0.25, 0.3) is 0 Å². The van der Waals surface area contributed by atoms with Gasteiger partial charge in [0.1, 0.15) is 4.60 Å². The molecule has 12 heavy (non-hydrogen) atoms. The molecule has 2 N–H and O–H groups in total. The summed E-state index contributed by atoms with van der Waals surface area (Å²) in [5, 5.41) is 0. The van der Waals surface area contributed by atoms with Crippen LogP contribution >= 0.6 is 15.9 Å². The van der Waals surface area contributed by atoms with Gasteiger partial charge in [0.15, 0.2) is 0 Å². The summed E-state index contributed by atoms with van der Waals surface area (Å²) < 4.78 is 0.867. The van der Waals surface area contributed by atoms with Gasteiger partial charge in [0.05, 0.1) is 0 Å². The van der Waals surface area contributed by atoms with Crippen LogP contribution in [0.25, 0.3) is 0 Å². The van der Waals surface area contributed by atoms with Crippen molar-refractivity contribution < 1.29 is 0 Å². The molecule has 2 nitrogen and oxygen atoms in total. The van der Waals surface area contributed by atoms with Crippen molar-refractivity contribution in [3.63, 3.8) is 0 Å². The SMILES string of the molecule is CCC[C@H](N)c1cccnc1Br. The lowest BCUT2D eigenvalue weighted by molar-refractivity contribution is 0.633. The summed E-state index contributed by atoms with van der Waals surface area (Å²) in [5.41, 5.74) is 7.03. The number of rotatable bonds is 3. The minimum atomic E-state index is 0.109. The predicted octanol–water partition coefficient (Wildman–Crippen LogP) is 2.64. The standard InChI is InChI=1S/C9H13BrN2/c1-2-4-8(11)7-5-3-6-12-9(7)10/h3,5-6,8H,2,4,11H2,1H3/t8-/m0/s1. The molecular weight excluding hydrogens is 216 g/mol. The van der Waals surface area contributed by atoms with Gasteiger partial charge in [-0.15, -0.1) is 0 Å². The molecule has 0 bridgehead atoms. The van der Waals surface area contributed by atoms with Crippen molar-refractivity contribution in [3.8, 4) is 0 Å². The Kier molecular flexibility index (Phi) is 3.69. The molecule has 1 aromatic rings.